The van der Waals surface area contributed by atoms with E-state index >= 15 is 0 Å². The van der Waals surface area contributed by atoms with Gasteiger partial charge in [0.05, 0.1) is 0 Å². The van der Waals surface area contributed by atoms with Crippen LogP contribution in [0.1, 0.15) is 0 Å². The van der Waals surface area contributed by atoms with Crippen LogP contribution in [0.25, 0.3) is 0 Å². The standard InChI is InChI=1S/C12H12F2N4/c1-18(2)12-6-11(15-7-16-12)17-8-3-4-9(13)10(14)5-8/h3-7H,1-2H3,(H,15,16,17). The predicted molar refractivity (Wildman–Crippen MR) is 66.0 cm³/mol. The second-order valence-electron chi connectivity index (χ2n) is 3.91. The Morgan fingerprint density at radius 1 is 1.06 bits per heavy atom. The number of hydrogen-bond acceptors (Lipinski definition) is 4. The third-order valence-electron chi connectivity index (χ3n) is 2.30. The molecule has 0 unspecified atom stereocenters. The van der Waals surface area contributed by atoms with Crippen molar-refractivity contribution in [3.63, 3.8) is 0 Å². The maximum absolute atomic E-state index is 13.0. The summed E-state index contributed by atoms with van der Waals surface area (Å²) in [6.45, 7) is 0. The Morgan fingerprint density at radius 3 is 2.50 bits per heavy atom. The summed E-state index contributed by atoms with van der Waals surface area (Å²) < 4.78 is 25.8. The third kappa shape index (κ3) is 2.71. The summed E-state index contributed by atoms with van der Waals surface area (Å²) in [4.78, 5) is 9.87. The fourth-order valence-corrected chi connectivity index (χ4v) is 1.38. The summed E-state index contributed by atoms with van der Waals surface area (Å²) in [6, 6.07) is 5.29. The molecule has 0 fully saturated rings. The summed E-state index contributed by atoms with van der Waals surface area (Å²) in [6.07, 6.45) is 1.40. The Morgan fingerprint density at radius 2 is 1.83 bits per heavy atom. The minimum atomic E-state index is -0.901. The van der Waals surface area contributed by atoms with Crippen LogP contribution < -0.4 is 10.2 Å². The van der Waals surface area contributed by atoms with Gasteiger partial charge in [0.15, 0.2) is 11.6 Å². The molecule has 1 aromatic carbocycles. The largest absolute Gasteiger partial charge is 0.363 e. The summed E-state index contributed by atoms with van der Waals surface area (Å²) in [5.74, 6) is -0.547. The van der Waals surface area contributed by atoms with Crippen molar-refractivity contribution in [3.8, 4) is 0 Å². The van der Waals surface area contributed by atoms with Gasteiger partial charge in [-0.1, -0.05) is 0 Å². The van der Waals surface area contributed by atoms with E-state index in [2.05, 4.69) is 15.3 Å². The maximum atomic E-state index is 13.0. The SMILES string of the molecule is CN(C)c1cc(Nc2ccc(F)c(F)c2)ncn1. The van der Waals surface area contributed by atoms with E-state index in [1.54, 1.807) is 6.07 Å². The Labute approximate surface area is 103 Å². The van der Waals surface area contributed by atoms with Crippen LogP contribution in [0, 0.1) is 11.6 Å². The molecule has 0 spiro atoms. The van der Waals surface area contributed by atoms with Gasteiger partial charge in [-0.05, 0) is 12.1 Å². The first-order chi connectivity index (χ1) is 8.56. The molecule has 0 radical (unpaired) electrons. The Kier molecular flexibility index (Phi) is 3.36. The van der Waals surface area contributed by atoms with Crippen molar-refractivity contribution in [3.05, 3.63) is 42.2 Å². The van der Waals surface area contributed by atoms with Gasteiger partial charge < -0.3 is 10.2 Å². The molecule has 0 aliphatic carbocycles. The molecule has 1 heterocycles. The van der Waals surface area contributed by atoms with Crippen LogP contribution in [0.15, 0.2) is 30.6 Å². The van der Waals surface area contributed by atoms with E-state index in [-0.39, 0.29) is 0 Å². The summed E-state index contributed by atoms with van der Waals surface area (Å²) in [5.41, 5.74) is 0.428. The van der Waals surface area contributed by atoms with Crippen molar-refractivity contribution in [2.75, 3.05) is 24.3 Å². The van der Waals surface area contributed by atoms with Gasteiger partial charge in [0.1, 0.15) is 18.0 Å². The molecule has 0 saturated carbocycles. The van der Waals surface area contributed by atoms with Crippen molar-refractivity contribution < 1.29 is 8.78 Å². The van der Waals surface area contributed by atoms with Gasteiger partial charge in [-0.25, -0.2) is 18.7 Å². The molecule has 0 aliphatic heterocycles. The van der Waals surface area contributed by atoms with Crippen molar-refractivity contribution in [1.29, 1.82) is 0 Å². The molecular weight excluding hydrogens is 238 g/mol. The molecule has 0 atom stereocenters. The highest BCUT2D eigenvalue weighted by Gasteiger charge is 2.04. The van der Waals surface area contributed by atoms with E-state index in [0.717, 1.165) is 18.0 Å². The Hall–Kier alpha value is -2.24. The van der Waals surface area contributed by atoms with Gasteiger partial charge in [-0.15, -0.1) is 0 Å². The zero-order valence-electron chi connectivity index (χ0n) is 9.98. The van der Waals surface area contributed by atoms with Crippen molar-refractivity contribution in [2.45, 2.75) is 0 Å². The summed E-state index contributed by atoms with van der Waals surface area (Å²) in [5, 5.41) is 2.88. The Balaban J connectivity index is 2.23. The first kappa shape index (κ1) is 12.2. The van der Waals surface area contributed by atoms with Crippen LogP contribution in [0.3, 0.4) is 0 Å². The minimum absolute atomic E-state index is 0.428. The fourth-order valence-electron chi connectivity index (χ4n) is 1.38. The molecule has 1 aromatic heterocycles. The van der Waals surface area contributed by atoms with Crippen LogP contribution in [-0.2, 0) is 0 Å². The molecule has 2 aromatic rings. The smallest absolute Gasteiger partial charge is 0.160 e. The number of nitrogens with zero attached hydrogens (tertiary/aromatic N) is 3. The maximum Gasteiger partial charge on any atom is 0.160 e. The predicted octanol–water partition coefficient (Wildman–Crippen LogP) is 2.56. The van der Waals surface area contributed by atoms with E-state index in [4.69, 9.17) is 0 Å². The van der Waals surface area contributed by atoms with Gasteiger partial charge in [-0.2, -0.15) is 0 Å². The highest BCUT2D eigenvalue weighted by Crippen LogP contribution is 2.19. The molecule has 0 amide bonds. The molecule has 1 N–H and O–H groups in total. The number of aromatic nitrogens is 2. The van der Waals surface area contributed by atoms with Crippen molar-refractivity contribution >= 4 is 17.3 Å². The van der Waals surface area contributed by atoms with Crippen LogP contribution in [-0.4, -0.2) is 24.1 Å². The van der Waals surface area contributed by atoms with Crippen LogP contribution in [0.2, 0.25) is 0 Å². The summed E-state index contributed by atoms with van der Waals surface area (Å²) in [7, 11) is 3.70. The van der Waals surface area contributed by atoms with E-state index < -0.39 is 11.6 Å². The van der Waals surface area contributed by atoms with E-state index in [9.17, 15) is 8.78 Å². The van der Waals surface area contributed by atoms with E-state index in [1.165, 1.54) is 12.4 Å². The van der Waals surface area contributed by atoms with E-state index in [0.29, 0.717) is 11.5 Å². The molecule has 4 nitrogen and oxygen atoms in total. The lowest BCUT2D eigenvalue weighted by atomic mass is 10.3. The number of benzene rings is 1. The second kappa shape index (κ2) is 4.95. The average molecular weight is 250 g/mol. The van der Waals surface area contributed by atoms with Gasteiger partial charge in [0.25, 0.3) is 0 Å². The van der Waals surface area contributed by atoms with Crippen LogP contribution in [0.4, 0.5) is 26.1 Å². The van der Waals surface area contributed by atoms with Crippen LogP contribution in [0.5, 0.6) is 0 Å². The Bertz CT molecular complexity index is 558. The van der Waals surface area contributed by atoms with Gasteiger partial charge in [0, 0.05) is 31.9 Å². The normalized spacial score (nSPS) is 10.2. The number of hydrogen-bond donors (Lipinski definition) is 1. The highest BCUT2D eigenvalue weighted by molar-refractivity contribution is 5.59. The number of halogens is 2. The second-order valence-corrected chi connectivity index (χ2v) is 3.91. The monoisotopic (exact) mass is 250 g/mol. The third-order valence-corrected chi connectivity index (χ3v) is 2.30. The molecule has 18 heavy (non-hydrogen) atoms. The van der Waals surface area contributed by atoms with E-state index in [1.807, 2.05) is 19.0 Å². The lowest BCUT2D eigenvalue weighted by molar-refractivity contribution is 0.509. The van der Waals surface area contributed by atoms with Gasteiger partial charge in [0.2, 0.25) is 0 Å². The molecule has 0 bridgehead atoms. The minimum Gasteiger partial charge on any atom is -0.363 e. The molecular formula is C12H12F2N4. The zero-order valence-corrected chi connectivity index (χ0v) is 9.98. The van der Waals surface area contributed by atoms with Gasteiger partial charge in [-0.3, -0.25) is 0 Å². The molecule has 0 aliphatic rings. The quantitative estimate of drug-likeness (QED) is 0.909. The van der Waals surface area contributed by atoms with Crippen LogP contribution >= 0.6 is 0 Å². The first-order valence-corrected chi connectivity index (χ1v) is 5.27. The number of rotatable bonds is 3. The zero-order chi connectivity index (χ0) is 13.1. The van der Waals surface area contributed by atoms with Gasteiger partial charge >= 0.3 is 0 Å². The number of anilines is 3. The first-order valence-electron chi connectivity index (χ1n) is 5.27. The van der Waals surface area contributed by atoms with Crippen molar-refractivity contribution in [1.82, 2.24) is 9.97 Å². The fraction of sp³-hybridized carbons (Fsp3) is 0.167. The average Bonchev–Trinajstić information content (AvgIpc) is 2.34. The lowest BCUT2D eigenvalue weighted by Crippen LogP contribution is -2.11. The molecule has 6 heteroatoms. The summed E-state index contributed by atoms with van der Waals surface area (Å²) >= 11 is 0. The molecule has 2 rings (SSSR count). The molecule has 0 saturated heterocycles. The van der Waals surface area contributed by atoms with Crippen molar-refractivity contribution in [2.24, 2.45) is 0 Å². The highest BCUT2D eigenvalue weighted by atomic mass is 19.2. The topological polar surface area (TPSA) is 41.0 Å². The molecule has 94 valence electrons. The number of nitrogens with one attached hydrogen (secondary N) is 1. The lowest BCUT2D eigenvalue weighted by Gasteiger charge is -2.12.